The van der Waals surface area contributed by atoms with E-state index in [2.05, 4.69) is 4.90 Å². The summed E-state index contributed by atoms with van der Waals surface area (Å²) in [6, 6.07) is 1.70. The summed E-state index contributed by atoms with van der Waals surface area (Å²) in [4.78, 5) is 27.3. The molecule has 0 radical (unpaired) electrons. The van der Waals surface area contributed by atoms with Gasteiger partial charge in [-0.3, -0.25) is 9.59 Å². The minimum absolute atomic E-state index is 0.0354. The van der Waals surface area contributed by atoms with Crippen molar-refractivity contribution in [3.05, 3.63) is 24.2 Å². The topological polar surface area (TPSA) is 74.0 Å². The molecule has 1 amide bonds. The third kappa shape index (κ3) is 3.16. The monoisotopic (exact) mass is 306 g/mol. The molecular weight excluding hydrogens is 284 g/mol. The molecule has 2 aliphatic rings. The van der Waals surface area contributed by atoms with E-state index >= 15 is 0 Å². The van der Waals surface area contributed by atoms with Gasteiger partial charge in [0.05, 0.1) is 18.2 Å². The van der Waals surface area contributed by atoms with E-state index in [4.69, 9.17) is 9.52 Å². The van der Waals surface area contributed by atoms with Gasteiger partial charge < -0.3 is 19.3 Å². The molecule has 22 heavy (non-hydrogen) atoms. The zero-order valence-corrected chi connectivity index (χ0v) is 12.7. The second kappa shape index (κ2) is 6.12. The first kappa shape index (κ1) is 15.1. The summed E-state index contributed by atoms with van der Waals surface area (Å²) < 4.78 is 4.99. The first-order valence-corrected chi connectivity index (χ1v) is 7.84. The van der Waals surface area contributed by atoms with Gasteiger partial charge in [-0.05, 0) is 31.9 Å². The Balaban J connectivity index is 1.60. The molecule has 2 aliphatic heterocycles. The Hall–Kier alpha value is -1.82. The summed E-state index contributed by atoms with van der Waals surface area (Å²) in [5.41, 5.74) is 0.742. The standard InChI is InChI=1S/C16H22N2O4/c19-14(20)2-7-17-6-1-4-16(11-17)5-8-18(12-16)15(21)13-3-9-22-10-13/h3,9-10H,1-2,4-8,11-12H2,(H,19,20). The zero-order chi connectivity index (χ0) is 15.6. The van der Waals surface area contributed by atoms with Crippen LogP contribution in [0, 0.1) is 5.41 Å². The number of rotatable bonds is 4. The lowest BCUT2D eigenvalue weighted by atomic mass is 9.79. The summed E-state index contributed by atoms with van der Waals surface area (Å²) in [6.07, 6.45) is 6.40. The molecule has 2 fully saturated rings. The molecule has 6 heteroatoms. The van der Waals surface area contributed by atoms with Gasteiger partial charge in [0.15, 0.2) is 0 Å². The number of nitrogens with zero attached hydrogens (tertiary/aromatic N) is 2. The average molecular weight is 306 g/mol. The fourth-order valence-electron chi connectivity index (χ4n) is 3.77. The molecule has 2 saturated heterocycles. The molecule has 1 aromatic heterocycles. The van der Waals surface area contributed by atoms with Crippen molar-refractivity contribution in [3.63, 3.8) is 0 Å². The number of aliphatic carboxylic acids is 1. The lowest BCUT2D eigenvalue weighted by Gasteiger charge is -2.40. The predicted octanol–water partition coefficient (Wildman–Crippen LogP) is 1.68. The minimum atomic E-state index is -0.747. The first-order valence-electron chi connectivity index (χ1n) is 7.84. The molecular formula is C16H22N2O4. The van der Waals surface area contributed by atoms with Crippen molar-refractivity contribution < 1.29 is 19.1 Å². The molecule has 0 saturated carbocycles. The number of carbonyl (C=O) groups is 2. The van der Waals surface area contributed by atoms with Gasteiger partial charge in [-0.15, -0.1) is 0 Å². The van der Waals surface area contributed by atoms with Crippen LogP contribution < -0.4 is 0 Å². The number of amides is 1. The summed E-state index contributed by atoms with van der Waals surface area (Å²) in [7, 11) is 0. The maximum atomic E-state index is 12.4. The first-order chi connectivity index (χ1) is 10.6. The third-order valence-corrected chi connectivity index (χ3v) is 4.88. The van der Waals surface area contributed by atoms with E-state index in [0.29, 0.717) is 12.1 Å². The number of piperidine rings is 1. The largest absolute Gasteiger partial charge is 0.481 e. The second-order valence-electron chi connectivity index (χ2n) is 6.51. The van der Waals surface area contributed by atoms with Crippen LogP contribution in [0.15, 0.2) is 23.0 Å². The fraction of sp³-hybridized carbons (Fsp3) is 0.625. The molecule has 1 spiro atoms. The van der Waals surface area contributed by atoms with Crippen LogP contribution in [-0.2, 0) is 4.79 Å². The lowest BCUT2D eigenvalue weighted by Crippen LogP contribution is -2.45. The van der Waals surface area contributed by atoms with E-state index < -0.39 is 5.97 Å². The zero-order valence-electron chi connectivity index (χ0n) is 12.7. The maximum absolute atomic E-state index is 12.4. The van der Waals surface area contributed by atoms with Crippen molar-refractivity contribution in [2.24, 2.45) is 5.41 Å². The Kier molecular flexibility index (Phi) is 4.20. The number of carbonyl (C=O) groups excluding carboxylic acids is 1. The van der Waals surface area contributed by atoms with Crippen molar-refractivity contribution in [2.75, 3.05) is 32.7 Å². The third-order valence-electron chi connectivity index (χ3n) is 4.88. The highest BCUT2D eigenvalue weighted by Gasteiger charge is 2.42. The van der Waals surface area contributed by atoms with E-state index in [0.717, 1.165) is 45.4 Å². The molecule has 1 unspecified atom stereocenters. The van der Waals surface area contributed by atoms with E-state index in [1.54, 1.807) is 6.07 Å². The van der Waals surface area contributed by atoms with Crippen molar-refractivity contribution >= 4 is 11.9 Å². The van der Waals surface area contributed by atoms with Gasteiger partial charge in [0, 0.05) is 31.6 Å². The smallest absolute Gasteiger partial charge is 0.304 e. The fourth-order valence-corrected chi connectivity index (χ4v) is 3.77. The van der Waals surface area contributed by atoms with Crippen LogP contribution >= 0.6 is 0 Å². The van der Waals surface area contributed by atoms with Crippen molar-refractivity contribution in [3.8, 4) is 0 Å². The van der Waals surface area contributed by atoms with Gasteiger partial charge in [-0.2, -0.15) is 0 Å². The van der Waals surface area contributed by atoms with E-state index in [1.807, 2.05) is 4.90 Å². The highest BCUT2D eigenvalue weighted by molar-refractivity contribution is 5.94. The van der Waals surface area contributed by atoms with Gasteiger partial charge in [-0.25, -0.2) is 0 Å². The number of hydrogen-bond acceptors (Lipinski definition) is 4. The molecule has 3 rings (SSSR count). The van der Waals surface area contributed by atoms with Crippen LogP contribution in [-0.4, -0.2) is 59.5 Å². The van der Waals surface area contributed by atoms with Crippen molar-refractivity contribution in [2.45, 2.75) is 25.7 Å². The molecule has 1 N–H and O–H groups in total. The van der Waals surface area contributed by atoms with Gasteiger partial charge >= 0.3 is 5.97 Å². The van der Waals surface area contributed by atoms with Crippen LogP contribution in [0.2, 0.25) is 0 Å². The molecule has 0 bridgehead atoms. The van der Waals surface area contributed by atoms with E-state index in [9.17, 15) is 9.59 Å². The highest BCUT2D eigenvalue weighted by atomic mass is 16.4. The summed E-state index contributed by atoms with van der Waals surface area (Å²) >= 11 is 0. The maximum Gasteiger partial charge on any atom is 0.304 e. The van der Waals surface area contributed by atoms with E-state index in [1.165, 1.54) is 12.5 Å². The SMILES string of the molecule is O=C(O)CCN1CCCC2(CCN(C(=O)c3ccoc3)C2)C1. The Labute approximate surface area is 129 Å². The Morgan fingerprint density at radius 3 is 2.86 bits per heavy atom. The number of carboxylic acid groups (broad SMARTS) is 1. The van der Waals surface area contributed by atoms with Gasteiger partial charge in [0.2, 0.25) is 0 Å². The quantitative estimate of drug-likeness (QED) is 0.916. The second-order valence-corrected chi connectivity index (χ2v) is 6.51. The number of carboxylic acids is 1. The Morgan fingerprint density at radius 2 is 2.14 bits per heavy atom. The molecule has 1 atom stereocenters. The lowest BCUT2D eigenvalue weighted by molar-refractivity contribution is -0.137. The number of likely N-dealkylation sites (tertiary alicyclic amines) is 2. The highest BCUT2D eigenvalue weighted by Crippen LogP contribution is 2.39. The van der Waals surface area contributed by atoms with Crippen molar-refractivity contribution in [1.82, 2.24) is 9.80 Å². The Bertz CT molecular complexity index is 542. The summed E-state index contributed by atoms with van der Waals surface area (Å²) in [5.74, 6) is -0.712. The van der Waals surface area contributed by atoms with Gasteiger partial charge in [0.1, 0.15) is 6.26 Å². The molecule has 1 aromatic rings. The summed E-state index contributed by atoms with van der Waals surface area (Å²) in [6.45, 7) is 4.00. The van der Waals surface area contributed by atoms with Gasteiger partial charge in [-0.1, -0.05) is 0 Å². The van der Waals surface area contributed by atoms with Crippen LogP contribution in [0.1, 0.15) is 36.0 Å². The molecule has 0 aliphatic carbocycles. The predicted molar refractivity (Wildman–Crippen MR) is 79.6 cm³/mol. The van der Waals surface area contributed by atoms with Crippen LogP contribution in [0.5, 0.6) is 0 Å². The van der Waals surface area contributed by atoms with E-state index in [-0.39, 0.29) is 17.7 Å². The summed E-state index contributed by atoms with van der Waals surface area (Å²) in [5, 5.41) is 8.83. The number of hydrogen-bond donors (Lipinski definition) is 1. The molecule has 120 valence electrons. The minimum Gasteiger partial charge on any atom is -0.481 e. The van der Waals surface area contributed by atoms with Crippen LogP contribution in [0.4, 0.5) is 0 Å². The molecule has 3 heterocycles. The van der Waals surface area contributed by atoms with Crippen LogP contribution in [0.25, 0.3) is 0 Å². The average Bonchev–Trinajstić information content (AvgIpc) is 3.15. The molecule has 0 aromatic carbocycles. The number of furan rings is 1. The van der Waals surface area contributed by atoms with Crippen LogP contribution in [0.3, 0.4) is 0 Å². The van der Waals surface area contributed by atoms with Gasteiger partial charge in [0.25, 0.3) is 5.91 Å². The van der Waals surface area contributed by atoms with Crippen molar-refractivity contribution in [1.29, 1.82) is 0 Å². The normalized spacial score (nSPS) is 25.7. The molecule has 6 nitrogen and oxygen atoms in total. The Morgan fingerprint density at radius 1 is 1.27 bits per heavy atom.